The molecule has 3 N–H and O–H groups in total. The van der Waals surface area contributed by atoms with E-state index in [2.05, 4.69) is 10.4 Å². The molecule has 0 aromatic carbocycles. The summed E-state index contributed by atoms with van der Waals surface area (Å²) in [5.41, 5.74) is 6.02. The van der Waals surface area contributed by atoms with E-state index >= 15 is 0 Å². The number of aromatic nitrogens is 1. The lowest BCUT2D eigenvalue weighted by atomic mass is 10.3. The molecule has 0 aliphatic carbocycles. The third-order valence-electron chi connectivity index (χ3n) is 2.07. The molecule has 0 amide bonds. The molecule has 0 spiro atoms. The smallest absolute Gasteiger partial charge is 0.157 e. The minimum Gasteiger partial charge on any atom is -0.396 e. The van der Waals surface area contributed by atoms with Gasteiger partial charge >= 0.3 is 0 Å². The van der Waals surface area contributed by atoms with Gasteiger partial charge in [-0.25, -0.2) is 0 Å². The molecule has 0 saturated carbocycles. The lowest BCUT2D eigenvalue weighted by Gasteiger charge is -2.20. The summed E-state index contributed by atoms with van der Waals surface area (Å²) >= 11 is 1.23. The van der Waals surface area contributed by atoms with E-state index in [-0.39, 0.29) is 6.61 Å². The normalized spacial score (nSPS) is 9.93. The van der Waals surface area contributed by atoms with E-state index < -0.39 is 0 Å². The fourth-order valence-electron chi connectivity index (χ4n) is 1.28. The Morgan fingerprint density at radius 3 is 2.93 bits per heavy atom. The summed E-state index contributed by atoms with van der Waals surface area (Å²) in [7, 11) is 0. The Bertz CT molecular complexity index is 357. The highest BCUT2D eigenvalue weighted by Gasteiger charge is 2.15. The van der Waals surface area contributed by atoms with E-state index in [4.69, 9.17) is 16.1 Å². The molecule has 0 bridgehead atoms. The maximum Gasteiger partial charge on any atom is 0.157 e. The lowest BCUT2D eigenvalue weighted by molar-refractivity contribution is 0.290. The van der Waals surface area contributed by atoms with Crippen LogP contribution in [-0.2, 0) is 0 Å². The number of nitrogens with zero attached hydrogens (tertiary/aromatic N) is 3. The van der Waals surface area contributed by atoms with Crippen LogP contribution in [0.4, 0.5) is 10.8 Å². The van der Waals surface area contributed by atoms with Crippen LogP contribution in [0.2, 0.25) is 0 Å². The van der Waals surface area contributed by atoms with Crippen molar-refractivity contribution in [2.24, 2.45) is 0 Å². The topological polar surface area (TPSA) is 86.2 Å². The van der Waals surface area contributed by atoms with E-state index in [1.54, 1.807) is 0 Å². The number of hydrogen-bond donors (Lipinski definition) is 2. The van der Waals surface area contributed by atoms with Gasteiger partial charge in [0.25, 0.3) is 0 Å². The number of hydrogen-bond acceptors (Lipinski definition) is 6. The Morgan fingerprint density at radius 2 is 2.40 bits per heavy atom. The van der Waals surface area contributed by atoms with E-state index in [9.17, 15) is 0 Å². The monoisotopic (exact) mass is 226 g/mol. The van der Waals surface area contributed by atoms with Gasteiger partial charge in [-0.2, -0.15) is 9.64 Å². The molecule has 0 saturated heterocycles. The average molecular weight is 226 g/mol. The van der Waals surface area contributed by atoms with Crippen LogP contribution in [-0.4, -0.2) is 29.2 Å². The Kier molecular flexibility index (Phi) is 4.34. The highest BCUT2D eigenvalue weighted by atomic mass is 32.1. The Balaban J connectivity index is 2.87. The highest BCUT2D eigenvalue weighted by Crippen LogP contribution is 2.29. The van der Waals surface area contributed by atoms with Crippen molar-refractivity contribution in [1.82, 2.24) is 4.37 Å². The third-order valence-corrected chi connectivity index (χ3v) is 2.99. The first-order chi connectivity index (χ1) is 7.24. The molecule has 0 atom stereocenters. The number of anilines is 2. The molecule has 0 aliphatic heterocycles. The fourth-order valence-corrected chi connectivity index (χ4v) is 2.13. The number of rotatable bonds is 5. The van der Waals surface area contributed by atoms with E-state index in [1.165, 1.54) is 11.5 Å². The molecule has 1 heterocycles. The fraction of sp³-hybridized carbons (Fsp3) is 0.556. The Hall–Kier alpha value is -1.32. The van der Waals surface area contributed by atoms with Gasteiger partial charge in [-0.05, 0) is 24.9 Å². The quantitative estimate of drug-likeness (QED) is 0.775. The van der Waals surface area contributed by atoms with Crippen molar-refractivity contribution in [2.45, 2.75) is 13.3 Å². The first-order valence-electron chi connectivity index (χ1n) is 4.75. The van der Waals surface area contributed by atoms with Crippen molar-refractivity contribution in [3.63, 3.8) is 0 Å². The minimum absolute atomic E-state index is 0.146. The molecule has 0 radical (unpaired) electrons. The summed E-state index contributed by atoms with van der Waals surface area (Å²) in [5, 5.41) is 18.5. The van der Waals surface area contributed by atoms with Gasteiger partial charge in [0.15, 0.2) is 5.82 Å². The molecule has 0 unspecified atom stereocenters. The maximum atomic E-state index is 8.92. The Labute approximate surface area is 92.9 Å². The van der Waals surface area contributed by atoms with E-state index in [0.717, 1.165) is 11.5 Å². The van der Waals surface area contributed by atoms with Crippen molar-refractivity contribution in [3.8, 4) is 6.07 Å². The summed E-state index contributed by atoms with van der Waals surface area (Å²) < 4.78 is 3.96. The molecule has 1 aromatic rings. The molecule has 0 fully saturated rings. The lowest BCUT2D eigenvalue weighted by Crippen LogP contribution is -2.24. The molecular formula is C9H14N4OS. The second-order valence-electron chi connectivity index (χ2n) is 3.02. The van der Waals surface area contributed by atoms with Crippen LogP contribution < -0.4 is 10.6 Å². The average Bonchev–Trinajstić information content (AvgIpc) is 2.61. The van der Waals surface area contributed by atoms with Gasteiger partial charge in [-0.15, -0.1) is 0 Å². The summed E-state index contributed by atoms with van der Waals surface area (Å²) in [5.74, 6) is 0.292. The molecular weight excluding hydrogens is 212 g/mol. The summed E-state index contributed by atoms with van der Waals surface area (Å²) in [4.78, 5) is 2.00. The van der Waals surface area contributed by atoms with Crippen LogP contribution in [0, 0.1) is 11.3 Å². The van der Waals surface area contributed by atoms with Gasteiger partial charge < -0.3 is 15.7 Å². The molecule has 1 rings (SSSR count). The maximum absolute atomic E-state index is 8.92. The molecule has 0 aliphatic rings. The van der Waals surface area contributed by atoms with E-state index in [0.29, 0.717) is 24.3 Å². The van der Waals surface area contributed by atoms with Crippen LogP contribution in [0.5, 0.6) is 0 Å². The first kappa shape index (κ1) is 11.8. The van der Waals surface area contributed by atoms with Crippen LogP contribution >= 0.6 is 11.5 Å². The SMILES string of the molecule is CCN(CCCO)c1snc(N)c1C#N. The molecule has 82 valence electrons. The van der Waals surface area contributed by atoms with Crippen molar-refractivity contribution in [1.29, 1.82) is 5.26 Å². The summed E-state index contributed by atoms with van der Waals surface area (Å²) in [6.45, 7) is 3.63. The van der Waals surface area contributed by atoms with Crippen LogP contribution in [0.15, 0.2) is 0 Å². The zero-order valence-electron chi connectivity index (χ0n) is 8.60. The van der Waals surface area contributed by atoms with Gasteiger partial charge in [0, 0.05) is 19.7 Å². The molecule has 15 heavy (non-hydrogen) atoms. The highest BCUT2D eigenvalue weighted by molar-refractivity contribution is 7.10. The minimum atomic E-state index is 0.146. The van der Waals surface area contributed by atoms with Crippen LogP contribution in [0.25, 0.3) is 0 Å². The van der Waals surface area contributed by atoms with Crippen LogP contribution in [0.1, 0.15) is 18.9 Å². The summed E-state index contributed by atoms with van der Waals surface area (Å²) in [6.07, 6.45) is 0.677. The zero-order chi connectivity index (χ0) is 11.3. The van der Waals surface area contributed by atoms with E-state index in [1.807, 2.05) is 11.8 Å². The summed E-state index contributed by atoms with van der Waals surface area (Å²) in [6, 6.07) is 2.05. The number of nitrogen functional groups attached to an aromatic ring is 1. The second-order valence-corrected chi connectivity index (χ2v) is 3.77. The predicted molar refractivity (Wildman–Crippen MR) is 60.8 cm³/mol. The predicted octanol–water partition coefficient (Wildman–Crippen LogP) is 0.806. The van der Waals surface area contributed by atoms with Gasteiger partial charge in [0.05, 0.1) is 0 Å². The molecule has 6 heteroatoms. The number of aliphatic hydroxyl groups excluding tert-OH is 1. The van der Waals surface area contributed by atoms with Gasteiger partial charge in [-0.1, -0.05) is 0 Å². The van der Waals surface area contributed by atoms with Gasteiger partial charge in [0.2, 0.25) is 0 Å². The van der Waals surface area contributed by atoms with Crippen LogP contribution in [0.3, 0.4) is 0 Å². The third kappa shape index (κ3) is 2.58. The largest absolute Gasteiger partial charge is 0.396 e. The van der Waals surface area contributed by atoms with Gasteiger partial charge in [0.1, 0.15) is 16.6 Å². The first-order valence-corrected chi connectivity index (χ1v) is 5.53. The molecule has 5 nitrogen and oxygen atoms in total. The molecule has 1 aromatic heterocycles. The number of nitriles is 1. The second kappa shape index (κ2) is 5.53. The van der Waals surface area contributed by atoms with Crippen molar-refractivity contribution in [2.75, 3.05) is 30.3 Å². The number of nitrogens with two attached hydrogens (primary N) is 1. The standard InChI is InChI=1S/C9H14N4OS/c1-2-13(4-3-5-14)9-7(6-10)8(11)12-15-9/h14H,2-5H2,1H3,(H2,11,12). The zero-order valence-corrected chi connectivity index (χ0v) is 9.42. The van der Waals surface area contributed by atoms with Crippen molar-refractivity contribution >= 4 is 22.4 Å². The van der Waals surface area contributed by atoms with Crippen molar-refractivity contribution in [3.05, 3.63) is 5.56 Å². The van der Waals surface area contributed by atoms with Crippen molar-refractivity contribution < 1.29 is 5.11 Å². The number of aliphatic hydroxyl groups is 1. The van der Waals surface area contributed by atoms with Gasteiger partial charge in [-0.3, -0.25) is 0 Å². The Morgan fingerprint density at radius 1 is 1.67 bits per heavy atom.